The quantitative estimate of drug-likeness (QED) is 0.190. The molecule has 0 unspecified atom stereocenters. The summed E-state index contributed by atoms with van der Waals surface area (Å²) in [5.41, 5.74) is 2.12. The number of anilines is 2. The van der Waals surface area contributed by atoms with Gasteiger partial charge in [0.25, 0.3) is 0 Å². The predicted octanol–water partition coefficient (Wildman–Crippen LogP) is 6.09. The monoisotopic (exact) mass is 554 g/mol. The predicted molar refractivity (Wildman–Crippen MR) is 150 cm³/mol. The zero-order chi connectivity index (χ0) is 27.8. The Bertz CT molecular complexity index is 1400. The first-order valence-electron chi connectivity index (χ1n) is 12.6. The topological polar surface area (TPSA) is 103 Å². The first-order valence-corrected chi connectivity index (χ1v) is 13.0. The van der Waals surface area contributed by atoms with Crippen molar-refractivity contribution in [1.29, 1.82) is 0 Å². The molecule has 11 heteroatoms. The van der Waals surface area contributed by atoms with Gasteiger partial charge in [0.05, 0.1) is 42.3 Å². The van der Waals surface area contributed by atoms with E-state index in [0.29, 0.717) is 40.7 Å². The minimum atomic E-state index is -0.481. The molecule has 206 valence electrons. The Kier molecular flexibility index (Phi) is 9.32. The van der Waals surface area contributed by atoms with Gasteiger partial charge in [-0.25, -0.2) is 24.3 Å². The number of nitrogens with zero attached hydrogens (tertiary/aromatic N) is 4. The first kappa shape index (κ1) is 28.3. The fourth-order valence-electron chi connectivity index (χ4n) is 3.61. The SMILES string of the molecule is CCC(C)(C)NCCCOc1cc2ncnc(Nc3cnc(OCc4ccc(F)c(Cl)c4)nc3)c2cc1OC. The van der Waals surface area contributed by atoms with Crippen molar-refractivity contribution in [3.63, 3.8) is 0 Å². The number of benzene rings is 2. The highest BCUT2D eigenvalue weighted by molar-refractivity contribution is 6.30. The Morgan fingerprint density at radius 1 is 1.00 bits per heavy atom. The molecule has 0 fully saturated rings. The number of ether oxygens (including phenoxy) is 3. The van der Waals surface area contributed by atoms with Crippen LogP contribution < -0.4 is 24.8 Å². The highest BCUT2D eigenvalue weighted by Crippen LogP contribution is 2.34. The Morgan fingerprint density at radius 2 is 1.79 bits per heavy atom. The lowest BCUT2D eigenvalue weighted by molar-refractivity contribution is 0.277. The van der Waals surface area contributed by atoms with Gasteiger partial charge in [0.2, 0.25) is 0 Å². The van der Waals surface area contributed by atoms with Gasteiger partial charge < -0.3 is 24.8 Å². The van der Waals surface area contributed by atoms with Crippen molar-refractivity contribution in [3.8, 4) is 17.5 Å². The lowest BCUT2D eigenvalue weighted by Crippen LogP contribution is -2.39. The van der Waals surface area contributed by atoms with E-state index in [0.717, 1.165) is 24.8 Å². The summed E-state index contributed by atoms with van der Waals surface area (Å²) in [5, 5.41) is 7.53. The summed E-state index contributed by atoms with van der Waals surface area (Å²) in [6, 6.07) is 8.25. The molecule has 0 aliphatic carbocycles. The first-order chi connectivity index (χ1) is 18.8. The Labute approximate surface area is 232 Å². The van der Waals surface area contributed by atoms with Crippen LogP contribution in [0.5, 0.6) is 17.5 Å². The van der Waals surface area contributed by atoms with Crippen LogP contribution in [0, 0.1) is 5.82 Å². The van der Waals surface area contributed by atoms with Crippen molar-refractivity contribution in [2.45, 2.75) is 45.8 Å². The van der Waals surface area contributed by atoms with Crippen LogP contribution in [0.15, 0.2) is 49.1 Å². The van der Waals surface area contributed by atoms with Crippen molar-refractivity contribution in [2.24, 2.45) is 0 Å². The molecule has 0 saturated heterocycles. The molecule has 0 aliphatic rings. The molecule has 2 heterocycles. The molecular weight excluding hydrogens is 523 g/mol. The molecule has 0 amide bonds. The van der Waals surface area contributed by atoms with Gasteiger partial charge in [-0.15, -0.1) is 0 Å². The number of hydrogen-bond donors (Lipinski definition) is 2. The summed E-state index contributed by atoms with van der Waals surface area (Å²) in [6.45, 7) is 8.10. The van der Waals surface area contributed by atoms with Crippen LogP contribution in [0.1, 0.15) is 39.2 Å². The standard InChI is InChI=1S/C28H32ClFN6O3/c1-5-28(2,3)35-9-6-10-38-25-13-23-20(12-24(25)37-4)26(34-17-33-23)36-19-14-31-27(32-15-19)39-16-18-7-8-22(30)21(29)11-18/h7-8,11-15,17,35H,5-6,9-10,16H2,1-4H3,(H,33,34,36). The molecule has 0 atom stereocenters. The van der Waals surface area contributed by atoms with Gasteiger partial charge in [-0.1, -0.05) is 24.6 Å². The van der Waals surface area contributed by atoms with E-state index >= 15 is 0 Å². The molecule has 0 aliphatic heterocycles. The van der Waals surface area contributed by atoms with Crippen LogP contribution in [0.3, 0.4) is 0 Å². The van der Waals surface area contributed by atoms with E-state index in [1.807, 2.05) is 12.1 Å². The molecule has 2 aromatic carbocycles. The third-order valence-electron chi connectivity index (χ3n) is 6.23. The van der Waals surface area contributed by atoms with E-state index in [-0.39, 0.29) is 23.2 Å². The average molecular weight is 555 g/mol. The second kappa shape index (κ2) is 12.9. The van der Waals surface area contributed by atoms with Crippen LogP contribution in [0.2, 0.25) is 5.02 Å². The Morgan fingerprint density at radius 3 is 2.51 bits per heavy atom. The second-order valence-electron chi connectivity index (χ2n) is 9.53. The normalized spacial score (nSPS) is 11.4. The largest absolute Gasteiger partial charge is 0.493 e. The van der Waals surface area contributed by atoms with Crippen LogP contribution >= 0.6 is 11.6 Å². The number of rotatable bonds is 13. The molecule has 2 N–H and O–H groups in total. The molecule has 2 aromatic heterocycles. The van der Waals surface area contributed by atoms with Crippen molar-refractivity contribution in [3.05, 3.63) is 65.5 Å². The van der Waals surface area contributed by atoms with E-state index in [2.05, 4.69) is 51.3 Å². The van der Waals surface area contributed by atoms with Gasteiger partial charge in [0, 0.05) is 17.0 Å². The van der Waals surface area contributed by atoms with Gasteiger partial charge >= 0.3 is 6.01 Å². The Balaban J connectivity index is 1.40. The van der Waals surface area contributed by atoms with Gasteiger partial charge in [-0.05, 0) is 57.0 Å². The van der Waals surface area contributed by atoms with Crippen LogP contribution in [0.25, 0.3) is 10.9 Å². The highest BCUT2D eigenvalue weighted by atomic mass is 35.5. The summed E-state index contributed by atoms with van der Waals surface area (Å²) >= 11 is 5.82. The number of aromatic nitrogens is 4. The van der Waals surface area contributed by atoms with Crippen molar-refractivity contribution in [1.82, 2.24) is 25.3 Å². The van der Waals surface area contributed by atoms with E-state index in [1.165, 1.54) is 18.5 Å². The molecule has 0 spiro atoms. The molecule has 4 rings (SSSR count). The Hall–Kier alpha value is -3.76. The summed E-state index contributed by atoms with van der Waals surface area (Å²) < 4.78 is 30.5. The van der Waals surface area contributed by atoms with Crippen molar-refractivity contribution < 1.29 is 18.6 Å². The number of halogens is 2. The summed E-state index contributed by atoms with van der Waals surface area (Å²) in [4.78, 5) is 17.2. The van der Waals surface area contributed by atoms with Crippen LogP contribution in [0.4, 0.5) is 15.9 Å². The number of methoxy groups -OCH3 is 1. The molecule has 0 saturated carbocycles. The van der Waals surface area contributed by atoms with E-state index in [9.17, 15) is 4.39 Å². The van der Waals surface area contributed by atoms with Crippen LogP contribution in [-0.2, 0) is 6.61 Å². The summed E-state index contributed by atoms with van der Waals surface area (Å²) in [6.07, 6.45) is 6.55. The average Bonchev–Trinajstić information content (AvgIpc) is 2.94. The second-order valence-corrected chi connectivity index (χ2v) is 9.93. The van der Waals surface area contributed by atoms with E-state index in [4.69, 9.17) is 25.8 Å². The van der Waals surface area contributed by atoms with Gasteiger partial charge in [0.15, 0.2) is 11.5 Å². The zero-order valence-electron chi connectivity index (χ0n) is 22.4. The minimum absolute atomic E-state index is 0.0350. The van der Waals surface area contributed by atoms with Crippen LogP contribution in [-0.4, -0.2) is 45.7 Å². The zero-order valence-corrected chi connectivity index (χ0v) is 23.2. The maximum atomic E-state index is 13.3. The third kappa shape index (κ3) is 7.64. The highest BCUT2D eigenvalue weighted by Gasteiger charge is 2.14. The maximum Gasteiger partial charge on any atom is 0.316 e. The van der Waals surface area contributed by atoms with Crippen molar-refractivity contribution >= 4 is 34.0 Å². The number of fused-ring (bicyclic) bond motifs is 1. The summed E-state index contributed by atoms with van der Waals surface area (Å²) in [5.74, 6) is 1.29. The maximum absolute atomic E-state index is 13.3. The molecule has 4 aromatic rings. The summed E-state index contributed by atoms with van der Waals surface area (Å²) in [7, 11) is 1.60. The fraction of sp³-hybridized carbons (Fsp3) is 0.357. The third-order valence-corrected chi connectivity index (χ3v) is 6.52. The van der Waals surface area contributed by atoms with Gasteiger partial charge in [0.1, 0.15) is 24.6 Å². The van der Waals surface area contributed by atoms with Gasteiger partial charge in [-0.3, -0.25) is 0 Å². The fourth-order valence-corrected chi connectivity index (χ4v) is 3.81. The molecule has 39 heavy (non-hydrogen) atoms. The lowest BCUT2D eigenvalue weighted by Gasteiger charge is -2.24. The van der Waals surface area contributed by atoms with Crippen molar-refractivity contribution in [2.75, 3.05) is 25.6 Å². The minimum Gasteiger partial charge on any atom is -0.493 e. The smallest absolute Gasteiger partial charge is 0.316 e. The van der Waals surface area contributed by atoms with E-state index in [1.54, 1.807) is 25.6 Å². The molecular formula is C28H32ClFN6O3. The lowest BCUT2D eigenvalue weighted by atomic mass is 10.0. The molecule has 0 radical (unpaired) electrons. The number of nitrogens with one attached hydrogen (secondary N) is 2. The number of hydrogen-bond acceptors (Lipinski definition) is 9. The molecule has 9 nitrogen and oxygen atoms in total. The van der Waals surface area contributed by atoms with E-state index < -0.39 is 5.82 Å². The molecule has 0 bridgehead atoms. The van der Waals surface area contributed by atoms with Gasteiger partial charge in [-0.2, -0.15) is 0 Å².